The van der Waals surface area contributed by atoms with Gasteiger partial charge in [0, 0.05) is 51.0 Å². The highest BCUT2D eigenvalue weighted by molar-refractivity contribution is 6.39. The standard InChI is InChI=1S/C90H85N3/c1-54-46-59(49-77-83(54)91(61-26-13-10-14-27-61)57(4)76-34-19-20-41-86(76,77)5)65-36-39-71-75-53-73-69-38-35-64(58-47-55(2)84-78(50-58)87(6)42-21-23-44-89(87,8)92(84)62-28-15-11-16-29-62)67-32-25-33-68(80(67)69)72(73)52-74(75)70-40-37-66(81(65)82(70)71)60-48-56(3)85-79(51-60)88(7)43-22-24-45-90(88,9)93(85)63-30-17-12-18-31-63/h10-18,25-33,35-40,46-53,57,76H,19-24,34,41-45H2,1-9H3. The van der Waals surface area contributed by atoms with Gasteiger partial charge >= 0.3 is 0 Å². The summed E-state index contributed by atoms with van der Waals surface area (Å²) in [5.41, 5.74) is 24.9. The molecule has 0 aromatic heterocycles. The van der Waals surface area contributed by atoms with E-state index in [1.165, 1.54) is 243 Å². The third kappa shape index (κ3) is 7.22. The minimum Gasteiger partial charge on any atom is -0.338 e. The summed E-state index contributed by atoms with van der Waals surface area (Å²) in [7, 11) is 0. The summed E-state index contributed by atoms with van der Waals surface area (Å²) in [5, 5.41) is 16.3. The Balaban J connectivity index is 0.833. The van der Waals surface area contributed by atoms with Gasteiger partial charge in [0.25, 0.3) is 0 Å². The first kappa shape index (κ1) is 55.9. The lowest BCUT2D eigenvalue weighted by atomic mass is 9.58. The zero-order valence-corrected chi connectivity index (χ0v) is 56.0. The van der Waals surface area contributed by atoms with Crippen molar-refractivity contribution in [1.82, 2.24) is 0 Å². The molecule has 3 saturated carbocycles. The maximum atomic E-state index is 2.77. The molecule has 7 unspecified atom stereocenters. The van der Waals surface area contributed by atoms with Crippen molar-refractivity contribution in [2.24, 2.45) is 5.92 Å². The van der Waals surface area contributed by atoms with E-state index in [1.807, 2.05) is 0 Å². The maximum absolute atomic E-state index is 2.77. The second kappa shape index (κ2) is 19.5. The highest BCUT2D eigenvalue weighted by Gasteiger charge is 2.60. The fourth-order valence-corrected chi connectivity index (χ4v) is 21.9. The van der Waals surface area contributed by atoms with E-state index in [4.69, 9.17) is 0 Å². The molecule has 93 heavy (non-hydrogen) atoms. The van der Waals surface area contributed by atoms with Crippen LogP contribution in [0.2, 0.25) is 0 Å². The lowest BCUT2D eigenvalue weighted by Crippen LogP contribution is -2.54. The highest BCUT2D eigenvalue weighted by atomic mass is 15.3. The smallest absolute Gasteiger partial charge is 0.0518 e. The molecule has 0 amide bonds. The van der Waals surface area contributed by atoms with Crippen LogP contribution in [0.1, 0.15) is 152 Å². The van der Waals surface area contributed by atoms with Crippen molar-refractivity contribution in [3.8, 4) is 33.4 Å². The third-order valence-electron chi connectivity index (χ3n) is 26.7. The second-order valence-electron chi connectivity index (χ2n) is 31.2. The molecule has 7 atom stereocenters. The fourth-order valence-electron chi connectivity index (χ4n) is 21.9. The van der Waals surface area contributed by atoms with Crippen LogP contribution in [0.15, 0.2) is 194 Å². The van der Waals surface area contributed by atoms with Gasteiger partial charge < -0.3 is 14.7 Å². The van der Waals surface area contributed by atoms with Crippen LogP contribution in [0.4, 0.5) is 34.1 Å². The van der Waals surface area contributed by atoms with E-state index in [2.05, 4.69) is 271 Å². The van der Waals surface area contributed by atoms with Crippen LogP contribution in [0.25, 0.3) is 98.0 Å². The number of para-hydroxylation sites is 3. The molecule has 6 aliphatic rings. The summed E-state index contributed by atoms with van der Waals surface area (Å²) in [4.78, 5) is 8.23. The summed E-state index contributed by atoms with van der Waals surface area (Å²) in [6, 6.07) is 77.3. The number of hydrogen-bond donors (Lipinski definition) is 0. The second-order valence-corrected chi connectivity index (χ2v) is 31.2. The Morgan fingerprint density at radius 1 is 0.333 bits per heavy atom. The molecule has 3 fully saturated rings. The Labute approximate surface area is 549 Å². The van der Waals surface area contributed by atoms with E-state index in [1.54, 1.807) is 0 Å². The predicted molar refractivity (Wildman–Crippen MR) is 397 cm³/mol. The number of fused-ring (bicyclic) bond motifs is 15. The van der Waals surface area contributed by atoms with E-state index in [0.29, 0.717) is 12.0 Å². The van der Waals surface area contributed by atoms with Crippen molar-refractivity contribution in [3.63, 3.8) is 0 Å². The predicted octanol–water partition coefficient (Wildman–Crippen LogP) is 24.9. The van der Waals surface area contributed by atoms with Crippen LogP contribution in [0.3, 0.4) is 0 Å². The lowest BCUT2D eigenvalue weighted by molar-refractivity contribution is 0.167. The first-order chi connectivity index (χ1) is 45.1. The number of anilines is 6. The van der Waals surface area contributed by atoms with Gasteiger partial charge in [-0.2, -0.15) is 0 Å². The molecular weight excluding hydrogens is 1120 g/mol. The van der Waals surface area contributed by atoms with Crippen molar-refractivity contribution in [3.05, 3.63) is 228 Å². The first-order valence-corrected chi connectivity index (χ1v) is 35.5. The van der Waals surface area contributed by atoms with Gasteiger partial charge in [0.05, 0.1) is 11.1 Å². The molecule has 3 aliphatic carbocycles. The molecule has 13 aromatic carbocycles. The number of rotatable bonds is 6. The largest absolute Gasteiger partial charge is 0.338 e. The van der Waals surface area contributed by atoms with E-state index in [0.717, 1.165) is 0 Å². The van der Waals surface area contributed by atoms with Crippen LogP contribution in [-0.4, -0.2) is 17.1 Å². The van der Waals surface area contributed by atoms with Gasteiger partial charge in [-0.3, -0.25) is 0 Å². The highest BCUT2D eigenvalue weighted by Crippen LogP contribution is 2.65. The van der Waals surface area contributed by atoms with Gasteiger partial charge in [-0.1, -0.05) is 168 Å². The molecule has 3 heterocycles. The molecule has 3 heteroatoms. The van der Waals surface area contributed by atoms with E-state index >= 15 is 0 Å². The van der Waals surface area contributed by atoms with Crippen molar-refractivity contribution in [1.29, 1.82) is 0 Å². The van der Waals surface area contributed by atoms with Crippen LogP contribution < -0.4 is 14.7 Å². The quantitative estimate of drug-likeness (QED) is 0.164. The lowest BCUT2D eigenvalue weighted by Gasteiger charge is -2.55. The monoisotopic (exact) mass is 1210 g/mol. The summed E-state index contributed by atoms with van der Waals surface area (Å²) < 4.78 is 0. The Bertz CT molecular complexity index is 5220. The average Bonchev–Trinajstić information content (AvgIpc) is 1.54. The summed E-state index contributed by atoms with van der Waals surface area (Å²) >= 11 is 0. The minimum absolute atomic E-state index is 0.00232. The molecule has 13 aromatic rings. The van der Waals surface area contributed by atoms with E-state index in [-0.39, 0.29) is 27.3 Å². The Kier molecular flexibility index (Phi) is 11.7. The molecule has 0 N–H and O–H groups in total. The number of nitrogens with zero attached hydrogens (tertiary/aromatic N) is 3. The molecule has 3 aliphatic heterocycles. The van der Waals surface area contributed by atoms with Gasteiger partial charge in [-0.15, -0.1) is 0 Å². The molecular formula is C90H85N3. The van der Waals surface area contributed by atoms with Crippen LogP contribution in [0.5, 0.6) is 0 Å². The Morgan fingerprint density at radius 3 is 1.28 bits per heavy atom. The van der Waals surface area contributed by atoms with E-state index in [9.17, 15) is 0 Å². The van der Waals surface area contributed by atoms with Crippen LogP contribution in [0, 0.1) is 26.7 Å². The summed E-state index contributed by atoms with van der Waals surface area (Å²) in [6.45, 7) is 22.7. The molecule has 0 bridgehead atoms. The normalized spacial score (nSPS) is 25.8. The number of hydrogen-bond acceptors (Lipinski definition) is 3. The zero-order chi connectivity index (χ0) is 62.8. The molecule has 19 rings (SSSR count). The molecule has 0 spiro atoms. The number of aryl methyl sites for hydroxylation is 3. The SMILES string of the molecule is Cc1cc(-c2ccc3c4cc5c(cc4c4ccc(-c6cc(C)c7c(c6)C6(C)CCCCC6(C)N7c6ccccc6)c2c43)c2cccc3c(-c4cc(C)c6c(c4)C4(C)CCCCC4(C)N6c4ccccc4)ccc5c32)cc2c1N(c1ccccc1)C(C)C1CCCCC21C. The molecule has 0 radical (unpaired) electrons. The van der Waals surface area contributed by atoms with Crippen LogP contribution >= 0.6 is 0 Å². The summed E-state index contributed by atoms with van der Waals surface area (Å²) in [6.07, 6.45) is 14.9. The maximum Gasteiger partial charge on any atom is 0.0518 e. The minimum atomic E-state index is -0.0430. The van der Waals surface area contributed by atoms with Crippen molar-refractivity contribution >= 4 is 98.8 Å². The third-order valence-corrected chi connectivity index (χ3v) is 26.7. The Morgan fingerprint density at radius 2 is 0.753 bits per heavy atom. The van der Waals surface area contributed by atoms with Gasteiger partial charge in [-0.25, -0.2) is 0 Å². The van der Waals surface area contributed by atoms with E-state index < -0.39 is 0 Å². The molecule has 460 valence electrons. The molecule has 3 nitrogen and oxygen atoms in total. The fraction of sp³-hybridized carbons (Fsp3) is 0.311. The average molecular weight is 1210 g/mol. The van der Waals surface area contributed by atoms with Gasteiger partial charge in [0.1, 0.15) is 0 Å². The van der Waals surface area contributed by atoms with Crippen LogP contribution in [-0.2, 0) is 16.2 Å². The summed E-state index contributed by atoms with van der Waals surface area (Å²) in [5.74, 6) is 0.555. The topological polar surface area (TPSA) is 9.72 Å². The number of benzene rings is 11. The van der Waals surface area contributed by atoms with Gasteiger partial charge in [0.15, 0.2) is 0 Å². The zero-order valence-electron chi connectivity index (χ0n) is 56.0. The Hall–Kier alpha value is -8.66. The van der Waals surface area contributed by atoms with Crippen molar-refractivity contribution in [2.45, 2.75) is 173 Å². The van der Waals surface area contributed by atoms with Gasteiger partial charge in [-0.05, 0) is 308 Å². The van der Waals surface area contributed by atoms with Gasteiger partial charge in [0.2, 0.25) is 0 Å². The first-order valence-electron chi connectivity index (χ1n) is 35.5. The molecule has 0 saturated heterocycles. The van der Waals surface area contributed by atoms with Crippen molar-refractivity contribution in [2.75, 3.05) is 14.7 Å². The van der Waals surface area contributed by atoms with Crippen molar-refractivity contribution < 1.29 is 0 Å².